The van der Waals surface area contributed by atoms with Crippen LogP contribution >= 0.6 is 11.3 Å². The van der Waals surface area contributed by atoms with Gasteiger partial charge in [0.15, 0.2) is 5.13 Å². The van der Waals surface area contributed by atoms with Crippen molar-refractivity contribution < 1.29 is 9.59 Å². The van der Waals surface area contributed by atoms with E-state index in [1.807, 2.05) is 54.6 Å². The van der Waals surface area contributed by atoms with Crippen LogP contribution in [-0.2, 0) is 7.05 Å². The van der Waals surface area contributed by atoms with Gasteiger partial charge in [0.25, 0.3) is 11.8 Å². The maximum absolute atomic E-state index is 13.0. The lowest BCUT2D eigenvalue weighted by molar-refractivity contribution is 0.0789. The van der Waals surface area contributed by atoms with E-state index in [1.54, 1.807) is 17.1 Å². The lowest BCUT2D eigenvalue weighted by atomic mass is 9.99. The number of anilines is 1. The quantitative estimate of drug-likeness (QED) is 0.517. The molecule has 0 saturated carbocycles. The lowest BCUT2D eigenvalue weighted by Gasteiger charge is -2.17. The topological polar surface area (TPSA) is 93.0 Å². The molecule has 1 aliphatic rings. The first-order chi connectivity index (χ1) is 15.5. The Morgan fingerprint density at radius 3 is 2.81 bits per heavy atom. The van der Waals surface area contributed by atoms with Crippen molar-refractivity contribution >= 4 is 39.2 Å². The Labute approximate surface area is 188 Å². The number of aromatic nitrogens is 4. The lowest BCUT2D eigenvalue weighted by Crippen LogP contribution is -2.29. The molecule has 1 fully saturated rings. The molecular weight excluding hydrogens is 424 g/mol. The zero-order chi connectivity index (χ0) is 22.2. The summed E-state index contributed by atoms with van der Waals surface area (Å²) >= 11 is 1.38. The third-order valence-corrected chi connectivity index (χ3v) is 6.68. The smallest absolute Gasteiger partial charge is 0.258 e. The molecule has 3 aromatic heterocycles. The molecule has 4 heterocycles. The summed E-state index contributed by atoms with van der Waals surface area (Å²) in [7, 11) is 1.83. The van der Waals surface area contributed by atoms with Gasteiger partial charge < -0.3 is 4.90 Å². The van der Waals surface area contributed by atoms with Crippen LogP contribution in [0.25, 0.3) is 10.9 Å². The van der Waals surface area contributed by atoms with E-state index >= 15 is 0 Å². The van der Waals surface area contributed by atoms with Gasteiger partial charge in [-0.3, -0.25) is 24.6 Å². The molecule has 9 heteroatoms. The number of rotatable bonds is 4. The second-order valence-corrected chi connectivity index (χ2v) is 8.80. The van der Waals surface area contributed by atoms with Crippen LogP contribution in [0.1, 0.15) is 44.4 Å². The van der Waals surface area contributed by atoms with E-state index in [4.69, 9.17) is 4.98 Å². The average molecular weight is 447 g/mol. The first-order valence-electron chi connectivity index (χ1n) is 10.4. The fourth-order valence-corrected chi connectivity index (χ4v) is 4.63. The third-order valence-electron chi connectivity index (χ3n) is 5.99. The molecule has 0 unspecified atom stereocenters. The maximum Gasteiger partial charge on any atom is 0.258 e. The molecule has 2 amide bonds. The summed E-state index contributed by atoms with van der Waals surface area (Å²) < 4.78 is 1.71. The molecule has 0 radical (unpaired) electrons. The fraction of sp³-hybridized carbons (Fsp3) is 0.261. The van der Waals surface area contributed by atoms with Crippen LogP contribution in [-0.4, -0.2) is 49.6 Å². The van der Waals surface area contributed by atoms with Gasteiger partial charge in [-0.25, -0.2) is 4.98 Å². The van der Waals surface area contributed by atoms with Gasteiger partial charge in [0.05, 0.1) is 22.8 Å². The Balaban J connectivity index is 1.44. The van der Waals surface area contributed by atoms with Gasteiger partial charge in [-0.2, -0.15) is 5.10 Å². The number of pyridine rings is 1. The predicted molar refractivity (Wildman–Crippen MR) is 123 cm³/mol. The Hall–Kier alpha value is -3.59. The van der Waals surface area contributed by atoms with Crippen molar-refractivity contribution in [3.8, 4) is 0 Å². The second kappa shape index (κ2) is 8.16. The number of amides is 2. The minimum absolute atomic E-state index is 0.0133. The highest BCUT2D eigenvalue weighted by Crippen LogP contribution is 2.31. The highest BCUT2D eigenvalue weighted by molar-refractivity contribution is 7.13. The van der Waals surface area contributed by atoms with Crippen molar-refractivity contribution in [1.29, 1.82) is 0 Å². The number of nitrogens with one attached hydrogen (secondary N) is 1. The monoisotopic (exact) mass is 446 g/mol. The van der Waals surface area contributed by atoms with E-state index in [1.165, 1.54) is 11.3 Å². The van der Waals surface area contributed by atoms with Crippen LogP contribution in [0.15, 0.2) is 48.1 Å². The number of aryl methyl sites for hydroxylation is 1. The standard InChI is InChI=1S/C23H22N6O2S/c1-14-18(12-25-28(14)2)22(31)29-9-7-15(13-29)20-11-17(16-5-3-4-6-19(16)26-20)21(30)27-23-24-8-10-32-23/h3-6,8,10-12,15H,7,9,13H2,1-2H3,(H,24,27,30)/t15-/m0/s1. The summed E-state index contributed by atoms with van der Waals surface area (Å²) in [6.45, 7) is 3.10. The summed E-state index contributed by atoms with van der Waals surface area (Å²) in [4.78, 5) is 36.9. The van der Waals surface area contributed by atoms with Gasteiger partial charge in [0.2, 0.25) is 0 Å². The normalized spacial score (nSPS) is 15.9. The number of hydrogen-bond acceptors (Lipinski definition) is 6. The molecule has 0 spiro atoms. The molecule has 0 aliphatic carbocycles. The summed E-state index contributed by atoms with van der Waals surface area (Å²) in [5.41, 5.74) is 3.63. The number of benzene rings is 1. The zero-order valence-electron chi connectivity index (χ0n) is 17.8. The molecular formula is C23H22N6O2S. The van der Waals surface area contributed by atoms with Crippen LogP contribution in [0.2, 0.25) is 0 Å². The zero-order valence-corrected chi connectivity index (χ0v) is 18.6. The first-order valence-corrected chi connectivity index (χ1v) is 11.3. The number of likely N-dealkylation sites (tertiary alicyclic amines) is 1. The third kappa shape index (κ3) is 3.64. The van der Waals surface area contributed by atoms with E-state index in [-0.39, 0.29) is 17.7 Å². The van der Waals surface area contributed by atoms with Crippen molar-refractivity contribution in [1.82, 2.24) is 24.6 Å². The SMILES string of the molecule is Cc1c(C(=O)N2CC[C@H](c3cc(C(=O)Nc4nccs4)c4ccccc4n3)C2)cnn1C. The number of para-hydroxylation sites is 1. The Bertz CT molecular complexity index is 1310. The fourth-order valence-electron chi connectivity index (χ4n) is 4.11. The van der Waals surface area contributed by atoms with E-state index < -0.39 is 0 Å². The molecule has 162 valence electrons. The van der Waals surface area contributed by atoms with Gasteiger partial charge in [0, 0.05) is 54.4 Å². The Morgan fingerprint density at radius 2 is 2.06 bits per heavy atom. The molecule has 1 N–H and O–H groups in total. The summed E-state index contributed by atoms with van der Waals surface area (Å²) in [6.07, 6.45) is 4.08. The van der Waals surface area contributed by atoms with Crippen molar-refractivity contribution in [2.24, 2.45) is 7.05 Å². The molecule has 1 aliphatic heterocycles. The Kier molecular flexibility index (Phi) is 5.18. The number of carbonyl (C=O) groups is 2. The molecule has 0 bridgehead atoms. The van der Waals surface area contributed by atoms with E-state index in [0.29, 0.717) is 29.3 Å². The van der Waals surface area contributed by atoms with Crippen molar-refractivity contribution in [3.63, 3.8) is 0 Å². The number of carbonyl (C=O) groups excluding carboxylic acids is 2. The van der Waals surface area contributed by atoms with Crippen LogP contribution in [0.5, 0.6) is 0 Å². The molecule has 1 atom stereocenters. The van der Waals surface area contributed by atoms with Gasteiger partial charge in [0.1, 0.15) is 0 Å². The van der Waals surface area contributed by atoms with Gasteiger partial charge in [-0.15, -0.1) is 11.3 Å². The summed E-state index contributed by atoms with van der Waals surface area (Å²) in [5, 5.41) is 10.2. The van der Waals surface area contributed by atoms with Crippen LogP contribution < -0.4 is 5.32 Å². The summed E-state index contributed by atoms with van der Waals surface area (Å²) in [5.74, 6) is -0.163. The van der Waals surface area contributed by atoms with Crippen LogP contribution in [0.3, 0.4) is 0 Å². The highest BCUT2D eigenvalue weighted by atomic mass is 32.1. The molecule has 32 heavy (non-hydrogen) atoms. The van der Waals surface area contributed by atoms with Crippen molar-refractivity contribution in [2.45, 2.75) is 19.3 Å². The van der Waals surface area contributed by atoms with Crippen molar-refractivity contribution in [2.75, 3.05) is 18.4 Å². The summed E-state index contributed by atoms with van der Waals surface area (Å²) in [6, 6.07) is 9.49. The van der Waals surface area contributed by atoms with E-state index in [2.05, 4.69) is 15.4 Å². The minimum Gasteiger partial charge on any atom is -0.338 e. The number of fused-ring (bicyclic) bond motifs is 1. The molecule has 1 saturated heterocycles. The highest BCUT2D eigenvalue weighted by Gasteiger charge is 2.31. The van der Waals surface area contributed by atoms with E-state index in [0.717, 1.165) is 28.7 Å². The Morgan fingerprint density at radius 1 is 1.22 bits per heavy atom. The van der Waals surface area contributed by atoms with E-state index in [9.17, 15) is 9.59 Å². The first kappa shape index (κ1) is 20.3. The second-order valence-electron chi connectivity index (χ2n) is 7.91. The number of thiazole rings is 1. The van der Waals surface area contributed by atoms with Gasteiger partial charge in [-0.1, -0.05) is 18.2 Å². The molecule has 8 nitrogen and oxygen atoms in total. The largest absolute Gasteiger partial charge is 0.338 e. The van der Waals surface area contributed by atoms with Gasteiger partial charge >= 0.3 is 0 Å². The number of nitrogens with zero attached hydrogens (tertiary/aromatic N) is 5. The molecule has 4 aromatic rings. The average Bonchev–Trinajstić information content (AvgIpc) is 3.56. The predicted octanol–water partition coefficient (Wildman–Crippen LogP) is 3.62. The van der Waals surface area contributed by atoms with Crippen molar-refractivity contribution in [3.05, 3.63) is 70.6 Å². The maximum atomic E-state index is 13.0. The minimum atomic E-state index is -0.211. The molecule has 5 rings (SSSR count). The number of hydrogen-bond donors (Lipinski definition) is 1. The molecule has 1 aromatic carbocycles. The van der Waals surface area contributed by atoms with Crippen LogP contribution in [0.4, 0.5) is 5.13 Å². The van der Waals surface area contributed by atoms with Gasteiger partial charge in [-0.05, 0) is 25.5 Å². The van der Waals surface area contributed by atoms with Crippen LogP contribution in [0, 0.1) is 6.92 Å².